The standard InChI is InChI=1S/C34H30O6/c1-35-21-11-7-19(8-12-21)29-31-25(15-23(37-3)17-27(31)39-5)34-30(20-9-13-22(36-2)14-10-20)32-26(33(29)34)16-24(38-4)18-28(32)40-6/h7-18H,1-6H3. The molecule has 202 valence electrons. The number of allylic oxidation sites excluding steroid dienone is 2. The zero-order valence-corrected chi connectivity index (χ0v) is 23.4. The number of ether oxygens (including phenoxy) is 6. The first-order chi connectivity index (χ1) is 19.6. The van der Waals surface area contributed by atoms with Gasteiger partial charge in [0.1, 0.15) is 34.5 Å². The first kappa shape index (κ1) is 25.4. The van der Waals surface area contributed by atoms with Crippen LogP contribution in [0.15, 0.2) is 72.8 Å². The Morgan fingerprint density at radius 1 is 0.350 bits per heavy atom. The maximum Gasteiger partial charge on any atom is 0.131 e. The molecule has 40 heavy (non-hydrogen) atoms. The normalized spacial score (nSPS) is 13.1. The molecule has 0 fully saturated rings. The van der Waals surface area contributed by atoms with E-state index in [1.54, 1.807) is 42.7 Å². The molecule has 4 aromatic carbocycles. The van der Waals surface area contributed by atoms with Crippen molar-refractivity contribution in [3.63, 3.8) is 0 Å². The fourth-order valence-corrected chi connectivity index (χ4v) is 5.78. The Hall–Kier alpha value is -4.84. The van der Waals surface area contributed by atoms with Crippen molar-refractivity contribution in [3.8, 4) is 34.5 Å². The highest BCUT2D eigenvalue weighted by atomic mass is 16.5. The van der Waals surface area contributed by atoms with Gasteiger partial charge in [-0.25, -0.2) is 0 Å². The van der Waals surface area contributed by atoms with E-state index < -0.39 is 0 Å². The first-order valence-corrected chi connectivity index (χ1v) is 12.9. The number of rotatable bonds is 8. The van der Waals surface area contributed by atoms with E-state index in [-0.39, 0.29) is 0 Å². The second-order valence-corrected chi connectivity index (χ2v) is 9.46. The molecule has 0 bridgehead atoms. The molecule has 0 heterocycles. The minimum absolute atomic E-state index is 0.716. The van der Waals surface area contributed by atoms with Gasteiger partial charge < -0.3 is 28.4 Å². The van der Waals surface area contributed by atoms with Crippen LogP contribution in [-0.2, 0) is 0 Å². The molecule has 4 aromatic rings. The Morgan fingerprint density at radius 3 is 1.00 bits per heavy atom. The molecule has 2 aliphatic rings. The zero-order valence-electron chi connectivity index (χ0n) is 23.4. The van der Waals surface area contributed by atoms with Crippen molar-refractivity contribution in [1.29, 1.82) is 0 Å². The molecule has 6 nitrogen and oxygen atoms in total. The Morgan fingerprint density at radius 2 is 0.700 bits per heavy atom. The van der Waals surface area contributed by atoms with Crippen LogP contribution in [0, 0.1) is 0 Å². The summed E-state index contributed by atoms with van der Waals surface area (Å²) in [5, 5.41) is 0. The third kappa shape index (κ3) is 3.79. The van der Waals surface area contributed by atoms with E-state index in [4.69, 9.17) is 28.4 Å². The molecule has 0 amide bonds. The summed E-state index contributed by atoms with van der Waals surface area (Å²) in [6.07, 6.45) is 0. The summed E-state index contributed by atoms with van der Waals surface area (Å²) in [5.74, 6) is 4.49. The molecule has 0 aliphatic heterocycles. The van der Waals surface area contributed by atoms with Gasteiger partial charge in [-0.3, -0.25) is 0 Å². The monoisotopic (exact) mass is 534 g/mol. The fraction of sp³-hybridized carbons (Fsp3) is 0.176. The van der Waals surface area contributed by atoms with Gasteiger partial charge >= 0.3 is 0 Å². The Labute approximate surface area is 234 Å². The molecule has 6 rings (SSSR count). The fourth-order valence-electron chi connectivity index (χ4n) is 5.78. The topological polar surface area (TPSA) is 55.4 Å². The highest BCUT2D eigenvalue weighted by molar-refractivity contribution is 6.36. The van der Waals surface area contributed by atoms with Crippen LogP contribution in [0.5, 0.6) is 34.5 Å². The van der Waals surface area contributed by atoms with Gasteiger partial charge in [-0.1, -0.05) is 24.3 Å². The lowest BCUT2D eigenvalue weighted by atomic mass is 9.90. The Bertz CT molecular complexity index is 1550. The van der Waals surface area contributed by atoms with Gasteiger partial charge in [0, 0.05) is 34.4 Å². The van der Waals surface area contributed by atoms with Gasteiger partial charge in [0.05, 0.1) is 42.7 Å². The minimum Gasteiger partial charge on any atom is -0.497 e. The number of hydrogen-bond donors (Lipinski definition) is 0. The predicted molar refractivity (Wildman–Crippen MR) is 157 cm³/mol. The molecule has 0 saturated carbocycles. The Balaban J connectivity index is 1.79. The van der Waals surface area contributed by atoms with Crippen molar-refractivity contribution in [2.75, 3.05) is 42.7 Å². The lowest BCUT2D eigenvalue weighted by Gasteiger charge is -2.18. The summed E-state index contributed by atoms with van der Waals surface area (Å²) >= 11 is 0. The average molecular weight is 535 g/mol. The lowest BCUT2D eigenvalue weighted by molar-refractivity contribution is 0.393. The second-order valence-electron chi connectivity index (χ2n) is 9.46. The van der Waals surface area contributed by atoms with E-state index in [9.17, 15) is 0 Å². The number of benzene rings is 4. The summed E-state index contributed by atoms with van der Waals surface area (Å²) in [5.41, 5.74) is 10.5. The van der Waals surface area contributed by atoms with Crippen molar-refractivity contribution in [2.24, 2.45) is 0 Å². The van der Waals surface area contributed by atoms with Crippen molar-refractivity contribution in [1.82, 2.24) is 0 Å². The SMILES string of the molecule is COc1ccc(C2=C3C(=C(c4ccc(OC)cc4)c4c(OC)cc(OC)cc43)c3cc(OC)cc(OC)c32)cc1. The third-order valence-electron chi connectivity index (χ3n) is 7.61. The van der Waals surface area contributed by atoms with Crippen LogP contribution >= 0.6 is 0 Å². The second kappa shape index (κ2) is 10.0. The van der Waals surface area contributed by atoms with Gasteiger partial charge in [-0.2, -0.15) is 0 Å². The maximum atomic E-state index is 5.98. The summed E-state index contributed by atoms with van der Waals surface area (Å²) in [7, 11) is 10.1. The summed E-state index contributed by atoms with van der Waals surface area (Å²) in [4.78, 5) is 0. The van der Waals surface area contributed by atoms with Crippen molar-refractivity contribution in [3.05, 3.63) is 106 Å². The van der Waals surface area contributed by atoms with Crippen molar-refractivity contribution >= 4 is 22.3 Å². The predicted octanol–water partition coefficient (Wildman–Crippen LogP) is 6.98. The van der Waals surface area contributed by atoms with E-state index in [1.165, 1.54) is 0 Å². The van der Waals surface area contributed by atoms with Gasteiger partial charge in [-0.15, -0.1) is 0 Å². The molecule has 0 saturated heterocycles. The van der Waals surface area contributed by atoms with Crippen LogP contribution in [0.4, 0.5) is 0 Å². The van der Waals surface area contributed by atoms with Gasteiger partial charge in [0.15, 0.2) is 0 Å². The molecular weight excluding hydrogens is 504 g/mol. The summed E-state index contributed by atoms with van der Waals surface area (Å²) < 4.78 is 34.4. The highest BCUT2D eigenvalue weighted by Gasteiger charge is 2.41. The van der Waals surface area contributed by atoms with Crippen LogP contribution in [0.25, 0.3) is 22.3 Å². The first-order valence-electron chi connectivity index (χ1n) is 12.9. The molecule has 2 aliphatic carbocycles. The van der Waals surface area contributed by atoms with Crippen LogP contribution in [0.2, 0.25) is 0 Å². The van der Waals surface area contributed by atoms with Crippen LogP contribution in [-0.4, -0.2) is 42.7 Å². The minimum atomic E-state index is 0.716. The van der Waals surface area contributed by atoms with E-state index in [2.05, 4.69) is 36.4 Å². The average Bonchev–Trinajstić information content (AvgIpc) is 3.53. The van der Waals surface area contributed by atoms with Gasteiger partial charge in [0.2, 0.25) is 0 Å². The molecule has 0 unspecified atom stereocenters. The molecule has 0 N–H and O–H groups in total. The largest absolute Gasteiger partial charge is 0.497 e. The van der Waals surface area contributed by atoms with Crippen LogP contribution < -0.4 is 28.4 Å². The summed E-state index contributed by atoms with van der Waals surface area (Å²) in [6.45, 7) is 0. The maximum absolute atomic E-state index is 5.98. The van der Waals surface area contributed by atoms with Crippen molar-refractivity contribution in [2.45, 2.75) is 0 Å². The smallest absolute Gasteiger partial charge is 0.131 e. The van der Waals surface area contributed by atoms with Crippen LogP contribution in [0.1, 0.15) is 33.4 Å². The third-order valence-corrected chi connectivity index (χ3v) is 7.61. The molecule has 6 heteroatoms. The molecule has 0 spiro atoms. The molecule has 0 atom stereocenters. The highest BCUT2D eigenvalue weighted by Crippen LogP contribution is 2.62. The lowest BCUT2D eigenvalue weighted by Crippen LogP contribution is -1.99. The number of methoxy groups -OCH3 is 6. The van der Waals surface area contributed by atoms with Gasteiger partial charge in [0.25, 0.3) is 0 Å². The van der Waals surface area contributed by atoms with E-state index in [0.717, 1.165) is 78.7 Å². The zero-order chi connectivity index (χ0) is 28.0. The molecular formula is C34H30O6. The molecule has 0 radical (unpaired) electrons. The number of hydrogen-bond acceptors (Lipinski definition) is 6. The van der Waals surface area contributed by atoms with E-state index >= 15 is 0 Å². The van der Waals surface area contributed by atoms with E-state index in [1.807, 2.05) is 36.4 Å². The van der Waals surface area contributed by atoms with Crippen LogP contribution in [0.3, 0.4) is 0 Å². The molecule has 0 aromatic heterocycles. The van der Waals surface area contributed by atoms with E-state index in [0.29, 0.717) is 11.5 Å². The number of fused-ring (bicyclic) bond motifs is 5. The van der Waals surface area contributed by atoms with Crippen molar-refractivity contribution < 1.29 is 28.4 Å². The summed E-state index contributed by atoms with van der Waals surface area (Å²) in [6, 6.07) is 24.3. The Kier molecular flexibility index (Phi) is 6.39. The quantitative estimate of drug-likeness (QED) is 0.243. The van der Waals surface area contributed by atoms with Gasteiger partial charge in [-0.05, 0) is 69.8 Å².